The van der Waals surface area contributed by atoms with E-state index in [0.29, 0.717) is 29.9 Å². The topological polar surface area (TPSA) is 71.6 Å². The van der Waals surface area contributed by atoms with Crippen molar-refractivity contribution in [3.05, 3.63) is 34.9 Å². The number of amides is 3. The minimum Gasteiger partial charge on any atom is -0.270 e. The van der Waals surface area contributed by atoms with Crippen molar-refractivity contribution in [3.63, 3.8) is 0 Å². The van der Waals surface area contributed by atoms with Crippen LogP contribution in [-0.2, 0) is 11.3 Å². The van der Waals surface area contributed by atoms with Crippen molar-refractivity contribution >= 4 is 41.0 Å². The maximum atomic E-state index is 13.0. The quantitative estimate of drug-likeness (QED) is 0.695. The number of aliphatic imine (C=N–C) groups is 1. The number of imide groups is 1. The van der Waals surface area contributed by atoms with Crippen molar-refractivity contribution in [2.75, 3.05) is 20.6 Å². The van der Waals surface area contributed by atoms with E-state index in [1.807, 2.05) is 28.8 Å². The molecule has 29 heavy (non-hydrogen) atoms. The summed E-state index contributed by atoms with van der Waals surface area (Å²) in [5.74, 6) is 0.707. The molecule has 0 aliphatic carbocycles. The second-order valence-corrected chi connectivity index (χ2v) is 8.89. The number of amidine groups is 1. The maximum absolute atomic E-state index is 13.0. The second kappa shape index (κ2) is 6.66. The molecule has 3 heterocycles. The molecule has 0 saturated carbocycles. The highest BCUT2D eigenvalue weighted by atomic mass is 35.5. The summed E-state index contributed by atoms with van der Waals surface area (Å²) >= 11 is 6.37. The standard InChI is InChI=1S/C20H24ClN6O2/c1-20(2,3)14-11-26-15-16(24(4)19(29)25(5)17(15)28)22-18(26)27(23-14)10-12-8-6-7-9-13(12)21/h6-9,15H,10-11H2,1-5H3/q+1. The van der Waals surface area contributed by atoms with E-state index < -0.39 is 6.04 Å². The van der Waals surface area contributed by atoms with E-state index in [-0.39, 0.29) is 17.4 Å². The SMILES string of the molecule is CN1C(=O)C2C(=NC3=[N+]2CC(C(C)(C)C)=NN3Cc2ccccc2Cl)N(C)C1=O. The van der Waals surface area contributed by atoms with Gasteiger partial charge in [-0.2, -0.15) is 0 Å². The number of hydrazone groups is 1. The van der Waals surface area contributed by atoms with Gasteiger partial charge in [0.05, 0.1) is 5.71 Å². The Bertz CT molecular complexity index is 1010. The van der Waals surface area contributed by atoms with Gasteiger partial charge in [0.15, 0.2) is 0 Å². The summed E-state index contributed by atoms with van der Waals surface area (Å²) in [4.78, 5) is 32.6. The van der Waals surface area contributed by atoms with E-state index >= 15 is 0 Å². The molecule has 8 nitrogen and oxygen atoms in total. The Morgan fingerprint density at radius 2 is 1.86 bits per heavy atom. The van der Waals surface area contributed by atoms with Gasteiger partial charge in [-0.25, -0.2) is 9.37 Å². The Balaban J connectivity index is 1.80. The van der Waals surface area contributed by atoms with E-state index in [2.05, 4.69) is 25.8 Å². The highest BCUT2D eigenvalue weighted by molar-refractivity contribution is 6.31. The lowest BCUT2D eigenvalue weighted by atomic mass is 9.89. The first kappa shape index (κ1) is 19.6. The molecule has 1 saturated heterocycles. The molecule has 1 aromatic rings. The molecule has 1 fully saturated rings. The third-order valence-electron chi connectivity index (χ3n) is 5.45. The van der Waals surface area contributed by atoms with Crippen LogP contribution in [-0.4, -0.2) is 75.5 Å². The van der Waals surface area contributed by atoms with Crippen LogP contribution in [0.25, 0.3) is 0 Å². The molecule has 1 unspecified atom stereocenters. The van der Waals surface area contributed by atoms with Crippen LogP contribution in [0.15, 0.2) is 34.4 Å². The van der Waals surface area contributed by atoms with E-state index in [1.165, 1.54) is 11.9 Å². The molecule has 1 atom stereocenters. The summed E-state index contributed by atoms with van der Waals surface area (Å²) in [6.07, 6.45) is 0. The summed E-state index contributed by atoms with van der Waals surface area (Å²) in [6, 6.07) is 6.55. The van der Waals surface area contributed by atoms with Crippen LogP contribution in [0, 0.1) is 5.41 Å². The van der Waals surface area contributed by atoms with Crippen LogP contribution in [0.2, 0.25) is 5.02 Å². The van der Waals surface area contributed by atoms with Crippen molar-refractivity contribution in [1.29, 1.82) is 0 Å². The number of halogens is 1. The molecule has 152 valence electrons. The van der Waals surface area contributed by atoms with Crippen molar-refractivity contribution in [1.82, 2.24) is 14.8 Å². The number of carbonyl (C=O) groups is 2. The summed E-state index contributed by atoms with van der Waals surface area (Å²) < 4.78 is 1.93. The van der Waals surface area contributed by atoms with Crippen LogP contribution in [0.3, 0.4) is 0 Å². The molecule has 3 amide bonds. The third kappa shape index (κ3) is 3.11. The van der Waals surface area contributed by atoms with Gasteiger partial charge < -0.3 is 0 Å². The fraction of sp³-hybridized carbons (Fsp3) is 0.450. The lowest BCUT2D eigenvalue weighted by molar-refractivity contribution is -0.528. The molecule has 4 rings (SSSR count). The number of likely N-dealkylation sites (N-methyl/N-ethyl adjacent to an activating group) is 2. The summed E-state index contributed by atoms with van der Waals surface area (Å²) in [5, 5.41) is 7.28. The first-order valence-corrected chi connectivity index (χ1v) is 9.83. The Kier molecular flexibility index (Phi) is 4.49. The van der Waals surface area contributed by atoms with Crippen LogP contribution in [0.1, 0.15) is 26.3 Å². The predicted octanol–water partition coefficient (Wildman–Crippen LogP) is 2.23. The molecule has 0 N–H and O–H groups in total. The lowest BCUT2D eigenvalue weighted by Gasteiger charge is -2.33. The Labute approximate surface area is 174 Å². The zero-order valence-electron chi connectivity index (χ0n) is 17.2. The van der Waals surface area contributed by atoms with Crippen molar-refractivity contribution in [3.8, 4) is 0 Å². The van der Waals surface area contributed by atoms with Crippen molar-refractivity contribution in [2.45, 2.75) is 33.4 Å². The van der Waals surface area contributed by atoms with Gasteiger partial charge in [0.2, 0.25) is 11.9 Å². The highest BCUT2D eigenvalue weighted by Crippen LogP contribution is 2.28. The van der Waals surface area contributed by atoms with Gasteiger partial charge in [0.25, 0.3) is 5.91 Å². The molecule has 0 bridgehead atoms. The number of nitrogens with zero attached hydrogens (tertiary/aromatic N) is 6. The Morgan fingerprint density at radius 1 is 1.17 bits per heavy atom. The smallest absolute Gasteiger partial charge is 0.270 e. The first-order chi connectivity index (χ1) is 13.6. The molecule has 1 aromatic carbocycles. The minimum absolute atomic E-state index is 0.196. The number of urea groups is 1. The molecule has 3 aliphatic rings. The van der Waals surface area contributed by atoms with Gasteiger partial charge in [-0.1, -0.05) is 55.6 Å². The van der Waals surface area contributed by atoms with Gasteiger partial charge in [0, 0.05) is 30.1 Å². The van der Waals surface area contributed by atoms with Crippen LogP contribution < -0.4 is 0 Å². The summed E-state index contributed by atoms with van der Waals surface area (Å²) in [7, 11) is 3.14. The number of guanidine groups is 1. The first-order valence-electron chi connectivity index (χ1n) is 9.46. The average Bonchev–Trinajstić information content (AvgIpc) is 3.06. The van der Waals surface area contributed by atoms with Crippen molar-refractivity contribution in [2.24, 2.45) is 15.5 Å². The Morgan fingerprint density at radius 3 is 2.52 bits per heavy atom. The zero-order chi connectivity index (χ0) is 21.1. The minimum atomic E-state index is -0.640. The third-order valence-corrected chi connectivity index (χ3v) is 5.81. The fourth-order valence-electron chi connectivity index (χ4n) is 3.62. The predicted molar refractivity (Wildman–Crippen MR) is 111 cm³/mol. The molecule has 3 aliphatic heterocycles. The second-order valence-electron chi connectivity index (χ2n) is 8.49. The van der Waals surface area contributed by atoms with E-state index in [0.717, 1.165) is 16.2 Å². The van der Waals surface area contributed by atoms with Gasteiger partial charge in [-0.3, -0.25) is 14.6 Å². The molecule has 0 radical (unpaired) electrons. The molecular formula is C20H24ClN6O2+. The van der Waals surface area contributed by atoms with E-state index in [4.69, 9.17) is 16.7 Å². The monoisotopic (exact) mass is 415 g/mol. The van der Waals surface area contributed by atoms with E-state index in [9.17, 15) is 9.59 Å². The lowest BCUT2D eigenvalue weighted by Crippen LogP contribution is -2.62. The molecule has 0 spiro atoms. The number of hydrogen-bond donors (Lipinski definition) is 0. The van der Waals surface area contributed by atoms with Crippen molar-refractivity contribution < 1.29 is 14.2 Å². The normalized spacial score (nSPS) is 22.0. The van der Waals surface area contributed by atoms with Gasteiger partial charge in [0.1, 0.15) is 13.1 Å². The summed E-state index contributed by atoms with van der Waals surface area (Å²) in [5.41, 5.74) is 1.64. The maximum Gasteiger partial charge on any atom is 0.417 e. The number of carbonyl (C=O) groups excluding carboxylic acids is 2. The van der Waals surface area contributed by atoms with E-state index in [1.54, 1.807) is 12.1 Å². The average molecular weight is 416 g/mol. The van der Waals surface area contributed by atoms with Gasteiger partial charge in [-0.15, -0.1) is 10.1 Å². The highest BCUT2D eigenvalue weighted by Gasteiger charge is 2.54. The molecule has 9 heteroatoms. The van der Waals surface area contributed by atoms with Gasteiger partial charge in [-0.05, 0) is 6.07 Å². The van der Waals surface area contributed by atoms with Crippen LogP contribution in [0.4, 0.5) is 4.79 Å². The summed E-state index contributed by atoms with van der Waals surface area (Å²) in [6.45, 7) is 7.15. The number of fused-ring (bicyclic) bond motifs is 2. The van der Waals surface area contributed by atoms with Crippen LogP contribution >= 0.6 is 11.6 Å². The van der Waals surface area contributed by atoms with Gasteiger partial charge >= 0.3 is 12.0 Å². The zero-order valence-corrected chi connectivity index (χ0v) is 17.9. The number of benzene rings is 1. The largest absolute Gasteiger partial charge is 0.417 e. The van der Waals surface area contributed by atoms with Crippen LogP contribution in [0.5, 0.6) is 0 Å². The number of hydrogen-bond acceptors (Lipinski definition) is 5. The number of rotatable bonds is 2. The Hall–Kier alpha value is -2.74. The molecular weight excluding hydrogens is 392 g/mol. The fourth-order valence-corrected chi connectivity index (χ4v) is 3.81. The molecule has 0 aromatic heterocycles.